The Labute approximate surface area is 122 Å². The number of nitrogens with one attached hydrogen (secondary N) is 1. The van der Waals surface area contributed by atoms with Crippen LogP contribution in [0.5, 0.6) is 0 Å². The molecule has 2 rings (SSSR count). The second kappa shape index (κ2) is 6.12. The third-order valence-corrected chi connectivity index (χ3v) is 4.97. The van der Waals surface area contributed by atoms with Crippen LogP contribution in [-0.4, -0.2) is 0 Å². The fourth-order valence-electron chi connectivity index (χ4n) is 1.71. The number of benzene rings is 1. The van der Waals surface area contributed by atoms with Gasteiger partial charge in [-0.25, -0.2) is 4.39 Å². The molecule has 1 atom stereocenters. The zero-order valence-corrected chi connectivity index (χ0v) is 12.4. The molecule has 1 heterocycles. The van der Waals surface area contributed by atoms with E-state index >= 15 is 0 Å². The van der Waals surface area contributed by atoms with Crippen LogP contribution in [0, 0.1) is 5.82 Å². The first-order chi connectivity index (χ1) is 8.63. The summed E-state index contributed by atoms with van der Waals surface area (Å²) in [5.41, 5.74) is 3.18. The van der Waals surface area contributed by atoms with Crippen LogP contribution in [0.1, 0.15) is 16.5 Å². The molecular weight excluding hydrogens is 339 g/mol. The molecule has 1 unspecified atom stereocenters. The average molecular weight is 350 g/mol. The van der Waals surface area contributed by atoms with Crippen molar-refractivity contribution in [1.82, 2.24) is 5.43 Å². The zero-order chi connectivity index (χ0) is 13.1. The Bertz CT molecular complexity index is 526. The van der Waals surface area contributed by atoms with Crippen LogP contribution in [0.25, 0.3) is 0 Å². The number of hydrazine groups is 1. The predicted octanol–water partition coefficient (Wildman–Crippen LogP) is 4.05. The highest BCUT2D eigenvalue weighted by Gasteiger charge is 2.18. The summed E-state index contributed by atoms with van der Waals surface area (Å²) in [5, 5.41) is 2.37. The molecule has 0 amide bonds. The van der Waals surface area contributed by atoms with Gasteiger partial charge in [0.1, 0.15) is 5.82 Å². The predicted molar refractivity (Wildman–Crippen MR) is 77.2 cm³/mol. The van der Waals surface area contributed by atoms with Crippen LogP contribution >= 0.6 is 38.9 Å². The first kappa shape index (κ1) is 14.0. The van der Waals surface area contributed by atoms with Gasteiger partial charge in [-0.1, -0.05) is 17.7 Å². The Kier molecular flexibility index (Phi) is 4.75. The fraction of sp³-hybridized carbons (Fsp3) is 0.167. The lowest BCUT2D eigenvalue weighted by molar-refractivity contribution is 0.534. The summed E-state index contributed by atoms with van der Waals surface area (Å²) in [7, 11) is 0. The summed E-state index contributed by atoms with van der Waals surface area (Å²) >= 11 is 11.0. The van der Waals surface area contributed by atoms with E-state index in [1.165, 1.54) is 6.07 Å². The minimum absolute atomic E-state index is 0.172. The molecule has 2 nitrogen and oxygen atoms in total. The minimum Gasteiger partial charge on any atom is -0.271 e. The van der Waals surface area contributed by atoms with Crippen molar-refractivity contribution in [2.45, 2.75) is 12.5 Å². The maximum Gasteiger partial charge on any atom is 0.127 e. The summed E-state index contributed by atoms with van der Waals surface area (Å²) in [6.45, 7) is 0. The van der Waals surface area contributed by atoms with Crippen molar-refractivity contribution in [2.75, 3.05) is 0 Å². The summed E-state index contributed by atoms with van der Waals surface area (Å²) in [6.07, 6.45) is 0.404. The molecule has 0 saturated heterocycles. The van der Waals surface area contributed by atoms with E-state index in [1.807, 2.05) is 11.4 Å². The van der Waals surface area contributed by atoms with E-state index < -0.39 is 0 Å². The maximum atomic E-state index is 13.7. The SMILES string of the molecule is NNC(Cc1c(F)cccc1Cl)c1sccc1Br. The third kappa shape index (κ3) is 2.92. The largest absolute Gasteiger partial charge is 0.271 e. The van der Waals surface area contributed by atoms with Gasteiger partial charge in [0.05, 0.1) is 6.04 Å². The highest BCUT2D eigenvalue weighted by Crippen LogP contribution is 2.32. The van der Waals surface area contributed by atoms with Crippen LogP contribution in [0.3, 0.4) is 0 Å². The van der Waals surface area contributed by atoms with E-state index in [9.17, 15) is 4.39 Å². The van der Waals surface area contributed by atoms with Crippen molar-refractivity contribution in [1.29, 1.82) is 0 Å². The van der Waals surface area contributed by atoms with E-state index in [0.29, 0.717) is 17.0 Å². The van der Waals surface area contributed by atoms with Crippen molar-refractivity contribution in [3.8, 4) is 0 Å². The highest BCUT2D eigenvalue weighted by atomic mass is 79.9. The van der Waals surface area contributed by atoms with Gasteiger partial charge in [0.2, 0.25) is 0 Å². The molecule has 6 heteroatoms. The van der Waals surface area contributed by atoms with Gasteiger partial charge in [0.25, 0.3) is 0 Å². The summed E-state index contributed by atoms with van der Waals surface area (Å²) in [6, 6.07) is 6.43. The van der Waals surface area contributed by atoms with E-state index in [4.69, 9.17) is 17.4 Å². The number of hydrogen-bond acceptors (Lipinski definition) is 3. The molecule has 1 aromatic heterocycles. The topological polar surface area (TPSA) is 38.0 Å². The molecule has 0 aliphatic carbocycles. The van der Waals surface area contributed by atoms with Crippen molar-refractivity contribution < 1.29 is 4.39 Å². The molecule has 96 valence electrons. The van der Waals surface area contributed by atoms with Crippen LogP contribution in [0.15, 0.2) is 34.1 Å². The van der Waals surface area contributed by atoms with E-state index in [2.05, 4.69) is 21.4 Å². The third-order valence-electron chi connectivity index (χ3n) is 2.63. The summed E-state index contributed by atoms with van der Waals surface area (Å²) < 4.78 is 14.7. The van der Waals surface area contributed by atoms with Gasteiger partial charge in [0, 0.05) is 19.9 Å². The van der Waals surface area contributed by atoms with Gasteiger partial charge < -0.3 is 0 Å². The summed E-state index contributed by atoms with van der Waals surface area (Å²) in [4.78, 5) is 1.02. The monoisotopic (exact) mass is 348 g/mol. The molecular formula is C12H11BrClFN2S. The Hall–Kier alpha value is -0.460. The van der Waals surface area contributed by atoms with Crippen LogP contribution < -0.4 is 11.3 Å². The molecule has 0 bridgehead atoms. The second-order valence-electron chi connectivity index (χ2n) is 3.76. The maximum absolute atomic E-state index is 13.7. The molecule has 1 aromatic carbocycles. The summed E-state index contributed by atoms with van der Waals surface area (Å²) in [5.74, 6) is 5.24. The standard InChI is InChI=1S/C12H11BrClFN2S/c13-8-4-5-18-12(8)11(17-16)6-7-9(14)2-1-3-10(7)15/h1-5,11,17H,6,16H2. The van der Waals surface area contributed by atoms with E-state index in [0.717, 1.165) is 9.35 Å². The lowest BCUT2D eigenvalue weighted by Crippen LogP contribution is -2.29. The molecule has 3 N–H and O–H groups in total. The van der Waals surface area contributed by atoms with Gasteiger partial charge in [0.15, 0.2) is 0 Å². The van der Waals surface area contributed by atoms with Gasteiger partial charge >= 0.3 is 0 Å². The molecule has 0 aliphatic heterocycles. The molecule has 0 aliphatic rings. The molecule has 18 heavy (non-hydrogen) atoms. The number of halogens is 3. The van der Waals surface area contributed by atoms with Gasteiger partial charge in [-0.05, 0) is 45.9 Å². The minimum atomic E-state index is -0.310. The van der Waals surface area contributed by atoms with Gasteiger partial charge in [-0.3, -0.25) is 11.3 Å². The fourth-order valence-corrected chi connectivity index (χ4v) is 3.66. The van der Waals surface area contributed by atoms with Crippen molar-refractivity contribution in [2.24, 2.45) is 5.84 Å². The van der Waals surface area contributed by atoms with Crippen molar-refractivity contribution >= 4 is 38.9 Å². The smallest absolute Gasteiger partial charge is 0.127 e. The normalized spacial score (nSPS) is 12.7. The Morgan fingerprint density at radius 2 is 2.22 bits per heavy atom. The quantitative estimate of drug-likeness (QED) is 0.645. The van der Waals surface area contributed by atoms with E-state index in [1.54, 1.807) is 23.5 Å². The van der Waals surface area contributed by atoms with Crippen LogP contribution in [0.4, 0.5) is 4.39 Å². The number of hydrogen-bond donors (Lipinski definition) is 2. The number of nitrogens with two attached hydrogens (primary N) is 1. The average Bonchev–Trinajstić information content (AvgIpc) is 2.76. The van der Waals surface area contributed by atoms with Crippen LogP contribution in [0.2, 0.25) is 5.02 Å². The molecule has 2 aromatic rings. The molecule has 0 spiro atoms. The molecule has 0 saturated carbocycles. The van der Waals surface area contributed by atoms with Gasteiger partial charge in [-0.2, -0.15) is 0 Å². The van der Waals surface area contributed by atoms with Crippen molar-refractivity contribution in [3.63, 3.8) is 0 Å². The second-order valence-corrected chi connectivity index (χ2v) is 5.97. The molecule has 0 radical (unpaired) electrons. The lowest BCUT2D eigenvalue weighted by atomic mass is 10.0. The number of thiophene rings is 1. The van der Waals surface area contributed by atoms with Crippen molar-refractivity contribution in [3.05, 3.63) is 55.4 Å². The number of rotatable bonds is 4. The van der Waals surface area contributed by atoms with E-state index in [-0.39, 0.29) is 11.9 Å². The first-order valence-corrected chi connectivity index (χ1v) is 7.30. The lowest BCUT2D eigenvalue weighted by Gasteiger charge is -2.16. The van der Waals surface area contributed by atoms with Gasteiger partial charge in [-0.15, -0.1) is 11.3 Å². The Balaban J connectivity index is 2.29. The highest BCUT2D eigenvalue weighted by molar-refractivity contribution is 9.10. The Morgan fingerprint density at radius 3 is 2.78 bits per heavy atom. The Morgan fingerprint density at radius 1 is 1.44 bits per heavy atom. The van der Waals surface area contributed by atoms with Crippen LogP contribution in [-0.2, 0) is 6.42 Å². The molecule has 0 fully saturated rings. The zero-order valence-electron chi connectivity index (χ0n) is 9.29. The first-order valence-electron chi connectivity index (χ1n) is 5.25.